The maximum absolute atomic E-state index is 11.1. The second kappa shape index (κ2) is 3.26. The van der Waals surface area contributed by atoms with Crippen LogP contribution in [0.25, 0.3) is 0 Å². The molecule has 0 aliphatic carbocycles. The summed E-state index contributed by atoms with van der Waals surface area (Å²) in [7, 11) is -0.503. The smallest absolute Gasteiger partial charge is 0.0240 e. The lowest BCUT2D eigenvalue weighted by Crippen LogP contribution is -2.32. The van der Waals surface area contributed by atoms with Crippen molar-refractivity contribution in [1.82, 2.24) is 0 Å². The van der Waals surface area contributed by atoms with Gasteiger partial charge in [0.15, 0.2) is 0 Å². The predicted molar refractivity (Wildman–Crippen MR) is 50.1 cm³/mol. The number of hydrogen-bond donors (Lipinski definition) is 0. The third-order valence-electron chi connectivity index (χ3n) is 3.20. The first-order valence-corrected chi connectivity index (χ1v) is 5.88. The zero-order valence-corrected chi connectivity index (χ0v) is 8.54. The Bertz CT molecular complexity index is 153. The molecule has 1 saturated heterocycles. The number of rotatable bonds is 1. The van der Waals surface area contributed by atoms with E-state index >= 15 is 0 Å². The zero-order valence-electron chi connectivity index (χ0n) is 7.72. The Morgan fingerprint density at radius 3 is 2.09 bits per heavy atom. The molecule has 0 unspecified atom stereocenters. The second-order valence-electron chi connectivity index (χ2n) is 4.16. The normalized spacial score (nSPS) is 39.5. The van der Waals surface area contributed by atoms with Crippen LogP contribution in [0.1, 0.15) is 33.6 Å². The summed E-state index contributed by atoms with van der Waals surface area (Å²) in [5.41, 5.74) is 0.466. The summed E-state index contributed by atoms with van der Waals surface area (Å²) in [6.07, 6.45) is 2.30. The molecule has 1 rings (SSSR count). The van der Waals surface area contributed by atoms with Gasteiger partial charge in [-0.25, -0.2) is 0 Å². The fourth-order valence-electron chi connectivity index (χ4n) is 1.50. The monoisotopic (exact) mass is 174 g/mol. The summed E-state index contributed by atoms with van der Waals surface area (Å²) in [6.45, 7) is 6.87. The minimum Gasteiger partial charge on any atom is -0.260 e. The van der Waals surface area contributed by atoms with Crippen LogP contribution in [-0.2, 0) is 10.8 Å². The highest BCUT2D eigenvalue weighted by atomic mass is 32.2. The Balaban J connectivity index is 2.55. The minimum absolute atomic E-state index is 0.466. The van der Waals surface area contributed by atoms with Crippen molar-refractivity contribution >= 4 is 10.8 Å². The Labute approximate surface area is 72.0 Å². The van der Waals surface area contributed by atoms with Crippen molar-refractivity contribution < 1.29 is 4.21 Å². The van der Waals surface area contributed by atoms with Gasteiger partial charge in [0.2, 0.25) is 0 Å². The fourth-order valence-corrected chi connectivity index (χ4v) is 3.09. The van der Waals surface area contributed by atoms with Crippen LogP contribution in [0.15, 0.2) is 0 Å². The van der Waals surface area contributed by atoms with Gasteiger partial charge in [0, 0.05) is 22.3 Å². The first kappa shape index (κ1) is 9.24. The van der Waals surface area contributed by atoms with E-state index in [-0.39, 0.29) is 0 Å². The first-order valence-electron chi connectivity index (χ1n) is 4.39. The van der Waals surface area contributed by atoms with Crippen molar-refractivity contribution in [1.29, 1.82) is 0 Å². The standard InChI is InChI=1S/C9H18OS/c1-8(2)9(3)4-6-11(10)7-5-9/h8H,4-7H2,1-3H3. The van der Waals surface area contributed by atoms with E-state index in [2.05, 4.69) is 20.8 Å². The van der Waals surface area contributed by atoms with E-state index in [1.165, 1.54) is 0 Å². The molecule has 1 heterocycles. The predicted octanol–water partition coefficient (Wildman–Crippen LogP) is 2.19. The third kappa shape index (κ3) is 2.05. The van der Waals surface area contributed by atoms with E-state index in [1.807, 2.05) is 0 Å². The van der Waals surface area contributed by atoms with Gasteiger partial charge in [-0.05, 0) is 24.2 Å². The van der Waals surface area contributed by atoms with Crippen molar-refractivity contribution in [2.75, 3.05) is 11.5 Å². The van der Waals surface area contributed by atoms with Crippen LogP contribution in [0.2, 0.25) is 0 Å². The molecule has 0 N–H and O–H groups in total. The molecule has 11 heavy (non-hydrogen) atoms. The third-order valence-corrected chi connectivity index (χ3v) is 4.51. The molecule has 1 aliphatic heterocycles. The highest BCUT2D eigenvalue weighted by Crippen LogP contribution is 2.37. The van der Waals surface area contributed by atoms with Crippen molar-refractivity contribution in [3.63, 3.8) is 0 Å². The quantitative estimate of drug-likeness (QED) is 0.595. The highest BCUT2D eigenvalue weighted by molar-refractivity contribution is 7.85. The van der Waals surface area contributed by atoms with Crippen molar-refractivity contribution in [2.24, 2.45) is 11.3 Å². The molecule has 0 saturated carbocycles. The van der Waals surface area contributed by atoms with Crippen LogP contribution < -0.4 is 0 Å². The summed E-state index contributed by atoms with van der Waals surface area (Å²) in [5.74, 6) is 2.59. The van der Waals surface area contributed by atoms with Gasteiger partial charge < -0.3 is 0 Å². The maximum Gasteiger partial charge on any atom is 0.0240 e. The van der Waals surface area contributed by atoms with Gasteiger partial charge in [-0.15, -0.1) is 0 Å². The summed E-state index contributed by atoms with van der Waals surface area (Å²) in [4.78, 5) is 0. The van der Waals surface area contributed by atoms with Crippen molar-refractivity contribution in [3.8, 4) is 0 Å². The van der Waals surface area contributed by atoms with Crippen molar-refractivity contribution in [2.45, 2.75) is 33.6 Å². The van der Waals surface area contributed by atoms with Gasteiger partial charge in [-0.2, -0.15) is 0 Å². The van der Waals surface area contributed by atoms with E-state index in [1.54, 1.807) is 0 Å². The van der Waals surface area contributed by atoms with Crippen LogP contribution in [0.5, 0.6) is 0 Å². The summed E-state index contributed by atoms with van der Waals surface area (Å²) < 4.78 is 11.1. The van der Waals surface area contributed by atoms with Crippen LogP contribution >= 0.6 is 0 Å². The van der Waals surface area contributed by atoms with Gasteiger partial charge in [0.25, 0.3) is 0 Å². The molecular weight excluding hydrogens is 156 g/mol. The molecule has 0 aromatic heterocycles. The molecule has 1 fully saturated rings. The minimum atomic E-state index is -0.503. The lowest BCUT2D eigenvalue weighted by Gasteiger charge is -2.36. The largest absolute Gasteiger partial charge is 0.260 e. The van der Waals surface area contributed by atoms with Gasteiger partial charge in [0.1, 0.15) is 0 Å². The van der Waals surface area contributed by atoms with Crippen LogP contribution in [-0.4, -0.2) is 15.7 Å². The Kier molecular flexibility index (Phi) is 2.74. The maximum atomic E-state index is 11.1. The average molecular weight is 174 g/mol. The molecular formula is C9H18OS. The van der Waals surface area contributed by atoms with Crippen LogP contribution in [0.4, 0.5) is 0 Å². The van der Waals surface area contributed by atoms with Crippen LogP contribution in [0, 0.1) is 11.3 Å². The highest BCUT2D eigenvalue weighted by Gasteiger charge is 2.32. The second-order valence-corrected chi connectivity index (χ2v) is 5.85. The van der Waals surface area contributed by atoms with E-state index in [0.29, 0.717) is 5.41 Å². The lowest BCUT2D eigenvalue weighted by molar-refractivity contribution is 0.197. The molecule has 1 aliphatic rings. The molecule has 0 atom stereocenters. The molecule has 0 aromatic carbocycles. The molecule has 0 radical (unpaired) electrons. The Morgan fingerprint density at radius 2 is 1.73 bits per heavy atom. The molecule has 1 nitrogen and oxygen atoms in total. The van der Waals surface area contributed by atoms with Gasteiger partial charge in [-0.1, -0.05) is 20.8 Å². The number of hydrogen-bond acceptors (Lipinski definition) is 1. The van der Waals surface area contributed by atoms with E-state index in [9.17, 15) is 4.21 Å². The molecule has 0 spiro atoms. The zero-order chi connectivity index (χ0) is 8.48. The summed E-state index contributed by atoms with van der Waals surface area (Å²) >= 11 is 0. The van der Waals surface area contributed by atoms with Crippen molar-refractivity contribution in [3.05, 3.63) is 0 Å². The first-order chi connectivity index (χ1) is 5.04. The van der Waals surface area contributed by atoms with Crippen LogP contribution in [0.3, 0.4) is 0 Å². The topological polar surface area (TPSA) is 17.1 Å². The lowest BCUT2D eigenvalue weighted by atomic mass is 9.74. The SMILES string of the molecule is CC(C)C1(C)CCS(=O)CC1. The molecule has 2 heteroatoms. The Hall–Kier alpha value is 0.150. The van der Waals surface area contributed by atoms with Gasteiger partial charge >= 0.3 is 0 Å². The van der Waals surface area contributed by atoms with Gasteiger partial charge in [0.05, 0.1) is 0 Å². The molecule has 0 aromatic rings. The summed E-state index contributed by atoms with van der Waals surface area (Å²) in [5, 5.41) is 0. The van der Waals surface area contributed by atoms with E-state index < -0.39 is 10.8 Å². The van der Waals surface area contributed by atoms with E-state index in [0.717, 1.165) is 30.3 Å². The molecule has 66 valence electrons. The fraction of sp³-hybridized carbons (Fsp3) is 1.00. The Morgan fingerprint density at radius 1 is 1.27 bits per heavy atom. The molecule has 0 amide bonds. The summed E-state index contributed by atoms with van der Waals surface area (Å²) in [6, 6.07) is 0. The van der Waals surface area contributed by atoms with Gasteiger partial charge in [-0.3, -0.25) is 4.21 Å². The van der Waals surface area contributed by atoms with E-state index in [4.69, 9.17) is 0 Å². The average Bonchev–Trinajstić information content (AvgIpc) is 1.95. The molecule has 0 bridgehead atoms.